The van der Waals surface area contributed by atoms with E-state index in [9.17, 15) is 14.7 Å². The van der Waals surface area contributed by atoms with Crippen LogP contribution in [0.15, 0.2) is 27.9 Å². The van der Waals surface area contributed by atoms with Crippen molar-refractivity contribution in [2.75, 3.05) is 6.61 Å². The number of aromatic nitrogens is 2. The van der Waals surface area contributed by atoms with Crippen molar-refractivity contribution in [3.05, 3.63) is 44.8 Å². The summed E-state index contributed by atoms with van der Waals surface area (Å²) in [5, 5.41) is 11.3. The third kappa shape index (κ3) is 6.29. The summed E-state index contributed by atoms with van der Waals surface area (Å²) in [4.78, 5) is 26.9. The van der Waals surface area contributed by atoms with Crippen LogP contribution in [0.1, 0.15) is 65.7 Å². The van der Waals surface area contributed by atoms with Gasteiger partial charge in [-0.25, -0.2) is 4.79 Å². The van der Waals surface area contributed by atoms with Crippen LogP contribution in [-0.4, -0.2) is 58.7 Å². The fourth-order valence-corrected chi connectivity index (χ4v) is 13.6. The maximum absolute atomic E-state index is 12.7. The molecule has 0 aromatic carbocycles. The highest BCUT2D eigenvalue weighted by Crippen LogP contribution is 2.75. The number of aliphatic hydroxyl groups excluding tert-OH is 1. The molecule has 1 aromatic rings. The summed E-state index contributed by atoms with van der Waals surface area (Å²) in [6, 6.07) is 0. The summed E-state index contributed by atoms with van der Waals surface area (Å²) >= 11 is 7.59. The van der Waals surface area contributed by atoms with Gasteiger partial charge < -0.3 is 23.3 Å². The molecule has 3 heterocycles. The molecule has 0 spiro atoms. The van der Waals surface area contributed by atoms with Gasteiger partial charge in [-0.15, -0.1) is 0 Å². The Morgan fingerprint density at radius 2 is 2.08 bits per heavy atom. The van der Waals surface area contributed by atoms with Crippen molar-refractivity contribution in [2.24, 2.45) is 5.92 Å². The number of nitrogens with zero attached hydrogens (tertiary/aromatic N) is 1. The van der Waals surface area contributed by atoms with Crippen LogP contribution >= 0.6 is 17.1 Å². The molecular weight excluding hydrogens is 575 g/mol. The van der Waals surface area contributed by atoms with Crippen LogP contribution in [0.2, 0.25) is 18.1 Å². The Bertz CT molecular complexity index is 1280. The van der Waals surface area contributed by atoms with Crippen molar-refractivity contribution in [3.8, 4) is 0 Å². The van der Waals surface area contributed by atoms with Crippen LogP contribution in [0, 0.1) is 12.8 Å². The summed E-state index contributed by atoms with van der Waals surface area (Å²) in [7, 11) is -2.35. The maximum atomic E-state index is 12.7. The van der Waals surface area contributed by atoms with E-state index in [0.717, 1.165) is 19.3 Å². The topological polar surface area (TPSA) is 112 Å². The van der Waals surface area contributed by atoms with Crippen molar-refractivity contribution < 1.29 is 23.3 Å². The van der Waals surface area contributed by atoms with E-state index in [4.69, 9.17) is 30.0 Å². The lowest BCUT2D eigenvalue weighted by Crippen LogP contribution is -2.50. The molecule has 9 nitrogen and oxygen atoms in total. The monoisotopic (exact) mass is 618 g/mol. The van der Waals surface area contributed by atoms with Crippen molar-refractivity contribution in [2.45, 2.75) is 114 Å². The lowest BCUT2D eigenvalue weighted by molar-refractivity contribution is -0.0517. The van der Waals surface area contributed by atoms with Crippen molar-refractivity contribution >= 4 is 37.2 Å². The first kappa shape index (κ1) is 31.4. The number of hydrogen-bond acceptors (Lipinski definition) is 9. The molecule has 3 fully saturated rings. The zero-order chi connectivity index (χ0) is 29.1. The summed E-state index contributed by atoms with van der Waals surface area (Å²) < 4.78 is 26.8. The molecule has 4 rings (SSSR count). The van der Waals surface area contributed by atoms with Gasteiger partial charge in [0, 0.05) is 16.5 Å². The average molecular weight is 619 g/mol. The Kier molecular flexibility index (Phi) is 8.79. The predicted octanol–water partition coefficient (Wildman–Crippen LogP) is 5.00. The Labute approximate surface area is 241 Å². The second-order valence-corrected chi connectivity index (χ2v) is 24.3. The highest BCUT2D eigenvalue weighted by Gasteiger charge is 2.55. The van der Waals surface area contributed by atoms with E-state index < -0.39 is 49.8 Å². The molecule has 2 saturated heterocycles. The normalized spacial score (nSPS) is 37.2. The van der Waals surface area contributed by atoms with E-state index in [2.05, 4.69) is 59.3 Å². The standard InChI is InChI=1S/C26H43N2O7PS2Si/c1-15(2)17-10-11-26(7)19(12-17)34-36(37,38-26)32-14-18-21(35-39(8,9)25(4,5)6)20(29)23(33-18)28-13-16(3)22(30)27-24(28)31/h13,17-21,23,29H,1,10-12,14H2,2-9H3,(H,27,30,31)/t17-,18-,19+,20-,21?,23-,26+,36+/m1/s1. The number of aryl methyl sites for hydroxylation is 1. The van der Waals surface area contributed by atoms with Gasteiger partial charge in [-0.1, -0.05) is 44.3 Å². The molecule has 2 N–H and O–H groups in total. The number of rotatable bonds is 7. The van der Waals surface area contributed by atoms with Crippen LogP contribution in [-0.2, 0) is 30.0 Å². The number of hydrogen-bond donors (Lipinski definition) is 2. The number of ether oxygens (including phenoxy) is 1. The predicted molar refractivity (Wildman–Crippen MR) is 161 cm³/mol. The van der Waals surface area contributed by atoms with E-state index in [-0.39, 0.29) is 22.5 Å². The van der Waals surface area contributed by atoms with Gasteiger partial charge in [-0.3, -0.25) is 14.3 Å². The average Bonchev–Trinajstić information content (AvgIpc) is 3.25. The van der Waals surface area contributed by atoms with Crippen LogP contribution in [0.4, 0.5) is 0 Å². The van der Waals surface area contributed by atoms with E-state index in [1.807, 2.05) is 0 Å². The Morgan fingerprint density at radius 3 is 2.69 bits per heavy atom. The minimum atomic E-state index is -2.70. The van der Waals surface area contributed by atoms with Crippen LogP contribution < -0.4 is 11.2 Å². The molecule has 1 saturated carbocycles. The molecule has 0 bridgehead atoms. The maximum Gasteiger partial charge on any atom is 0.330 e. The first-order valence-corrected chi connectivity index (χ1v) is 20.5. The van der Waals surface area contributed by atoms with Gasteiger partial charge in [0.05, 0.1) is 12.7 Å². The molecule has 220 valence electrons. The zero-order valence-electron chi connectivity index (χ0n) is 24.2. The van der Waals surface area contributed by atoms with E-state index in [1.165, 1.54) is 16.3 Å². The molecule has 8 atom stereocenters. The number of aliphatic hydroxyl groups is 1. The number of allylic oxidation sites excluding steroid dienone is 1. The first-order valence-electron chi connectivity index (χ1n) is 13.5. The highest BCUT2D eigenvalue weighted by molar-refractivity contribution is 8.68. The lowest BCUT2D eigenvalue weighted by atomic mass is 9.77. The molecule has 1 aromatic heterocycles. The summed E-state index contributed by atoms with van der Waals surface area (Å²) in [5.41, 5.74) is -2.33. The molecule has 3 aliphatic rings. The molecular formula is C26H43N2O7PS2Si. The highest BCUT2D eigenvalue weighted by atomic mass is 32.9. The zero-order valence-corrected chi connectivity index (χ0v) is 27.7. The lowest BCUT2D eigenvalue weighted by Gasteiger charge is -2.40. The smallest absolute Gasteiger partial charge is 0.330 e. The molecule has 1 unspecified atom stereocenters. The van der Waals surface area contributed by atoms with E-state index in [0.29, 0.717) is 11.5 Å². The van der Waals surface area contributed by atoms with Crippen LogP contribution in [0.25, 0.3) is 0 Å². The Morgan fingerprint density at radius 1 is 1.41 bits per heavy atom. The Hall–Kier alpha value is -0.563. The summed E-state index contributed by atoms with van der Waals surface area (Å²) in [6.07, 6.45) is 0.657. The number of aromatic amines is 1. The largest absolute Gasteiger partial charge is 0.408 e. The Balaban J connectivity index is 1.57. The molecule has 1 aliphatic carbocycles. The fourth-order valence-electron chi connectivity index (χ4n) is 5.13. The van der Waals surface area contributed by atoms with E-state index >= 15 is 0 Å². The first-order chi connectivity index (χ1) is 17.9. The van der Waals surface area contributed by atoms with Gasteiger partial charge in [0.1, 0.15) is 18.3 Å². The molecule has 2 aliphatic heterocycles. The second-order valence-electron chi connectivity index (χ2n) is 12.9. The van der Waals surface area contributed by atoms with Gasteiger partial charge in [-0.2, -0.15) is 0 Å². The molecule has 13 heteroatoms. The third-order valence-corrected chi connectivity index (χ3v) is 19.1. The third-order valence-electron chi connectivity index (χ3n) is 8.81. The van der Waals surface area contributed by atoms with Crippen molar-refractivity contribution in [3.63, 3.8) is 0 Å². The van der Waals surface area contributed by atoms with Crippen molar-refractivity contribution in [1.29, 1.82) is 0 Å². The molecule has 0 radical (unpaired) electrons. The SMILES string of the molecule is C=C(C)[C@@H]1CC[C@]2(C)S[P@@](=S)(OC[C@H]3O[C@@H](n4cc(C)c(=O)[nH]c4=O)[C@H](O)C3O[Si](C)(C)C(C)(C)C)O[C@H]2C1. The van der Waals surface area contributed by atoms with Gasteiger partial charge in [-0.05, 0) is 75.9 Å². The minimum Gasteiger partial charge on any atom is -0.408 e. The molecule has 0 amide bonds. The van der Waals surface area contributed by atoms with Crippen LogP contribution in [0.3, 0.4) is 0 Å². The minimum absolute atomic E-state index is 0.00593. The number of nitrogens with one attached hydrogen (secondary N) is 1. The van der Waals surface area contributed by atoms with Gasteiger partial charge in [0.15, 0.2) is 14.5 Å². The van der Waals surface area contributed by atoms with Gasteiger partial charge >= 0.3 is 5.69 Å². The second kappa shape index (κ2) is 10.9. The summed E-state index contributed by atoms with van der Waals surface area (Å²) in [6.45, 7) is 20.6. The van der Waals surface area contributed by atoms with Gasteiger partial charge in [0.25, 0.3) is 5.56 Å². The van der Waals surface area contributed by atoms with Crippen LogP contribution in [0.5, 0.6) is 0 Å². The summed E-state index contributed by atoms with van der Waals surface area (Å²) in [5.74, 6) is 0.417. The molecule has 39 heavy (non-hydrogen) atoms. The van der Waals surface area contributed by atoms with Crippen molar-refractivity contribution in [1.82, 2.24) is 9.55 Å². The number of fused-ring (bicyclic) bond motifs is 1. The number of H-pyrrole nitrogens is 1. The fraction of sp³-hybridized carbons (Fsp3) is 0.769. The van der Waals surface area contributed by atoms with Gasteiger partial charge in [0.2, 0.25) is 5.69 Å². The van der Waals surface area contributed by atoms with E-state index in [1.54, 1.807) is 18.3 Å². The quantitative estimate of drug-likeness (QED) is 0.248.